The first-order valence-corrected chi connectivity index (χ1v) is 7.95. The number of hydrogen-bond acceptors (Lipinski definition) is 3. The SMILES string of the molecule is Cc1ccc(C2ON=C(c3cc(F)ccc3NC=O)C23CC3)cc1. The van der Waals surface area contributed by atoms with Crippen LogP contribution in [-0.2, 0) is 9.63 Å². The number of aryl methyl sites for hydroxylation is 1. The first-order chi connectivity index (χ1) is 11.6. The van der Waals surface area contributed by atoms with E-state index in [-0.39, 0.29) is 17.3 Å². The Morgan fingerprint density at radius 1 is 1.25 bits per heavy atom. The van der Waals surface area contributed by atoms with E-state index < -0.39 is 0 Å². The van der Waals surface area contributed by atoms with Crippen LogP contribution in [0.25, 0.3) is 0 Å². The van der Waals surface area contributed by atoms with Crippen molar-refractivity contribution >= 4 is 17.8 Å². The summed E-state index contributed by atoms with van der Waals surface area (Å²) in [6, 6.07) is 12.5. The molecule has 1 amide bonds. The lowest BCUT2D eigenvalue weighted by molar-refractivity contribution is -0.105. The normalized spacial score (nSPS) is 20.4. The second-order valence-corrected chi connectivity index (χ2v) is 6.44. The zero-order valence-electron chi connectivity index (χ0n) is 13.3. The summed E-state index contributed by atoms with van der Waals surface area (Å²) >= 11 is 0. The molecule has 1 aliphatic carbocycles. The topological polar surface area (TPSA) is 50.7 Å². The monoisotopic (exact) mass is 324 g/mol. The number of hydrogen-bond donors (Lipinski definition) is 1. The van der Waals surface area contributed by atoms with Crippen LogP contribution in [0.4, 0.5) is 10.1 Å². The molecule has 4 nitrogen and oxygen atoms in total. The maximum atomic E-state index is 13.8. The molecule has 0 bridgehead atoms. The lowest BCUT2D eigenvalue weighted by atomic mass is 9.85. The summed E-state index contributed by atoms with van der Waals surface area (Å²) in [5.41, 5.74) is 3.88. The van der Waals surface area contributed by atoms with E-state index in [1.54, 1.807) is 6.07 Å². The number of carbonyl (C=O) groups excluding carboxylic acids is 1. The number of nitrogens with one attached hydrogen (secondary N) is 1. The molecule has 2 aromatic rings. The number of oxime groups is 1. The molecule has 0 saturated heterocycles. The third kappa shape index (κ3) is 2.28. The van der Waals surface area contributed by atoms with Gasteiger partial charge in [-0.05, 0) is 43.5 Å². The predicted molar refractivity (Wildman–Crippen MR) is 89.3 cm³/mol. The molecule has 1 fully saturated rings. The molecule has 122 valence electrons. The molecule has 1 spiro atoms. The van der Waals surface area contributed by atoms with Crippen LogP contribution in [0.5, 0.6) is 0 Å². The second kappa shape index (κ2) is 5.44. The fraction of sp³-hybridized carbons (Fsp3) is 0.263. The largest absolute Gasteiger partial charge is 0.386 e. The summed E-state index contributed by atoms with van der Waals surface area (Å²) in [6.07, 6.45) is 2.29. The summed E-state index contributed by atoms with van der Waals surface area (Å²) < 4.78 is 13.8. The highest BCUT2D eigenvalue weighted by molar-refractivity contribution is 6.11. The molecular formula is C19H17FN2O2. The molecule has 2 aromatic carbocycles. The molecule has 1 heterocycles. The fourth-order valence-electron chi connectivity index (χ4n) is 3.40. The first kappa shape index (κ1) is 14.9. The summed E-state index contributed by atoms with van der Waals surface area (Å²) in [4.78, 5) is 16.6. The van der Waals surface area contributed by atoms with Crippen molar-refractivity contribution in [3.05, 3.63) is 65.0 Å². The molecule has 1 saturated carbocycles. The molecule has 1 unspecified atom stereocenters. The van der Waals surface area contributed by atoms with Crippen molar-refractivity contribution in [3.63, 3.8) is 0 Å². The van der Waals surface area contributed by atoms with E-state index in [1.807, 2.05) is 19.1 Å². The predicted octanol–water partition coefficient (Wildman–Crippen LogP) is 3.96. The smallest absolute Gasteiger partial charge is 0.211 e. The van der Waals surface area contributed by atoms with Gasteiger partial charge in [-0.25, -0.2) is 4.39 Å². The lowest BCUT2D eigenvalue weighted by Gasteiger charge is -2.19. The first-order valence-electron chi connectivity index (χ1n) is 7.95. The Morgan fingerprint density at radius 2 is 2.00 bits per heavy atom. The van der Waals surface area contributed by atoms with E-state index in [0.29, 0.717) is 17.7 Å². The molecule has 1 atom stereocenters. The Morgan fingerprint density at radius 3 is 2.67 bits per heavy atom. The molecule has 4 rings (SSSR count). The highest BCUT2D eigenvalue weighted by Gasteiger charge is 2.60. The van der Waals surface area contributed by atoms with Crippen LogP contribution in [0.1, 0.15) is 35.6 Å². The van der Waals surface area contributed by atoms with Crippen molar-refractivity contribution in [1.29, 1.82) is 0 Å². The Balaban J connectivity index is 1.73. The van der Waals surface area contributed by atoms with Gasteiger partial charge in [0, 0.05) is 11.3 Å². The molecule has 2 aliphatic rings. The van der Waals surface area contributed by atoms with Crippen LogP contribution in [-0.4, -0.2) is 12.1 Å². The molecule has 24 heavy (non-hydrogen) atoms. The molecular weight excluding hydrogens is 307 g/mol. The zero-order chi connectivity index (χ0) is 16.7. The standard InChI is InChI=1S/C19H17FN2O2/c1-12-2-4-13(5-3-12)18-19(8-9-19)17(22-24-18)15-10-14(20)6-7-16(15)21-11-23/h2-7,10-11,18H,8-9H2,1H3,(H,21,23). The van der Waals surface area contributed by atoms with Crippen molar-refractivity contribution in [2.24, 2.45) is 10.6 Å². The number of anilines is 1. The fourth-order valence-corrected chi connectivity index (χ4v) is 3.40. The Labute approximate surface area is 139 Å². The third-order valence-corrected chi connectivity index (χ3v) is 4.84. The van der Waals surface area contributed by atoms with Crippen LogP contribution in [0.2, 0.25) is 0 Å². The highest BCUT2D eigenvalue weighted by Crippen LogP contribution is 2.62. The molecule has 5 heteroatoms. The Bertz CT molecular complexity index is 826. The van der Waals surface area contributed by atoms with E-state index >= 15 is 0 Å². The van der Waals surface area contributed by atoms with Gasteiger partial charge in [0.15, 0.2) is 6.10 Å². The maximum absolute atomic E-state index is 13.8. The Kier molecular flexibility index (Phi) is 3.37. The number of halogens is 1. The average Bonchev–Trinajstić information content (AvgIpc) is 3.27. The lowest BCUT2D eigenvalue weighted by Crippen LogP contribution is -2.21. The van der Waals surface area contributed by atoms with Gasteiger partial charge in [-0.3, -0.25) is 4.79 Å². The quantitative estimate of drug-likeness (QED) is 0.866. The summed E-state index contributed by atoms with van der Waals surface area (Å²) in [6.45, 7) is 2.04. The number of amides is 1. The minimum atomic E-state index is -0.362. The third-order valence-electron chi connectivity index (χ3n) is 4.84. The van der Waals surface area contributed by atoms with Gasteiger partial charge < -0.3 is 10.2 Å². The van der Waals surface area contributed by atoms with Gasteiger partial charge in [0.2, 0.25) is 6.41 Å². The van der Waals surface area contributed by atoms with Crippen molar-refractivity contribution in [2.45, 2.75) is 25.9 Å². The summed E-state index contributed by atoms with van der Waals surface area (Å²) in [5, 5.41) is 6.90. The minimum absolute atomic E-state index is 0.166. The van der Waals surface area contributed by atoms with E-state index in [9.17, 15) is 9.18 Å². The highest BCUT2D eigenvalue weighted by atomic mass is 19.1. The van der Waals surface area contributed by atoms with Crippen LogP contribution in [0.3, 0.4) is 0 Å². The van der Waals surface area contributed by atoms with E-state index in [4.69, 9.17) is 4.84 Å². The summed E-state index contributed by atoms with van der Waals surface area (Å²) in [7, 11) is 0. The molecule has 1 aliphatic heterocycles. The minimum Gasteiger partial charge on any atom is -0.386 e. The van der Waals surface area contributed by atoms with Gasteiger partial charge >= 0.3 is 0 Å². The van der Waals surface area contributed by atoms with Gasteiger partial charge in [0.25, 0.3) is 0 Å². The van der Waals surface area contributed by atoms with Gasteiger partial charge in [-0.2, -0.15) is 0 Å². The average molecular weight is 324 g/mol. The van der Waals surface area contributed by atoms with E-state index in [2.05, 4.69) is 22.6 Å². The Hall–Kier alpha value is -2.69. The van der Waals surface area contributed by atoms with Crippen molar-refractivity contribution in [2.75, 3.05) is 5.32 Å². The van der Waals surface area contributed by atoms with E-state index in [1.165, 1.54) is 17.7 Å². The second-order valence-electron chi connectivity index (χ2n) is 6.44. The van der Waals surface area contributed by atoms with Crippen molar-refractivity contribution < 1.29 is 14.0 Å². The number of benzene rings is 2. The molecule has 0 aromatic heterocycles. The van der Waals surface area contributed by atoms with Crippen LogP contribution < -0.4 is 5.32 Å². The van der Waals surface area contributed by atoms with Gasteiger partial charge in [0.1, 0.15) is 5.82 Å². The number of carbonyl (C=O) groups is 1. The summed E-state index contributed by atoms with van der Waals surface area (Å²) in [5.74, 6) is -0.362. The van der Waals surface area contributed by atoms with Crippen molar-refractivity contribution in [1.82, 2.24) is 0 Å². The van der Waals surface area contributed by atoms with Crippen LogP contribution in [0, 0.1) is 18.2 Å². The van der Waals surface area contributed by atoms with E-state index in [0.717, 1.165) is 24.1 Å². The number of nitrogens with zero attached hydrogens (tertiary/aromatic N) is 1. The van der Waals surface area contributed by atoms with Gasteiger partial charge in [-0.1, -0.05) is 35.0 Å². The molecule has 1 N–H and O–H groups in total. The van der Waals surface area contributed by atoms with Crippen LogP contribution in [0.15, 0.2) is 47.6 Å². The van der Waals surface area contributed by atoms with Crippen molar-refractivity contribution in [3.8, 4) is 0 Å². The van der Waals surface area contributed by atoms with Gasteiger partial charge in [-0.15, -0.1) is 0 Å². The molecule has 0 radical (unpaired) electrons. The number of rotatable bonds is 4. The van der Waals surface area contributed by atoms with Gasteiger partial charge in [0.05, 0.1) is 11.1 Å². The van der Waals surface area contributed by atoms with Crippen LogP contribution >= 0.6 is 0 Å². The zero-order valence-corrected chi connectivity index (χ0v) is 13.3. The maximum Gasteiger partial charge on any atom is 0.211 e.